The summed E-state index contributed by atoms with van der Waals surface area (Å²) in [5, 5.41) is 3.02. The van der Waals surface area contributed by atoms with Crippen LogP contribution in [-0.4, -0.2) is 54.2 Å². The van der Waals surface area contributed by atoms with Gasteiger partial charge in [0.25, 0.3) is 0 Å². The summed E-state index contributed by atoms with van der Waals surface area (Å²) in [6.07, 6.45) is 0.0334. The predicted molar refractivity (Wildman–Crippen MR) is 72.3 cm³/mol. The molecular formula is C13H27N3O2. The molecule has 1 fully saturated rings. The van der Waals surface area contributed by atoms with Gasteiger partial charge in [0.05, 0.1) is 18.8 Å². The molecule has 5 nitrogen and oxygen atoms in total. The number of ether oxygens (including phenoxy) is 1. The maximum absolute atomic E-state index is 12.2. The number of rotatable bonds is 3. The summed E-state index contributed by atoms with van der Waals surface area (Å²) in [5.74, 6) is 0.0621. The van der Waals surface area contributed by atoms with Crippen LogP contribution >= 0.6 is 0 Å². The van der Waals surface area contributed by atoms with Crippen molar-refractivity contribution in [3.8, 4) is 0 Å². The van der Waals surface area contributed by atoms with Crippen molar-refractivity contribution in [2.75, 3.05) is 19.7 Å². The van der Waals surface area contributed by atoms with Crippen molar-refractivity contribution in [1.29, 1.82) is 0 Å². The van der Waals surface area contributed by atoms with E-state index in [4.69, 9.17) is 10.5 Å². The average molecular weight is 257 g/mol. The molecule has 1 heterocycles. The van der Waals surface area contributed by atoms with Gasteiger partial charge in [-0.25, -0.2) is 0 Å². The van der Waals surface area contributed by atoms with E-state index in [0.29, 0.717) is 13.2 Å². The van der Waals surface area contributed by atoms with E-state index in [9.17, 15) is 4.79 Å². The minimum absolute atomic E-state index is 0.0334. The molecule has 1 aliphatic rings. The molecule has 1 aliphatic heterocycles. The quantitative estimate of drug-likeness (QED) is 0.765. The number of morpholine rings is 1. The molecule has 3 atom stereocenters. The van der Waals surface area contributed by atoms with Gasteiger partial charge in [0, 0.05) is 24.7 Å². The number of carbonyl (C=O) groups excluding carboxylic acids is 1. The van der Waals surface area contributed by atoms with E-state index in [1.165, 1.54) is 0 Å². The molecular weight excluding hydrogens is 230 g/mol. The van der Waals surface area contributed by atoms with Gasteiger partial charge < -0.3 is 15.8 Å². The molecule has 1 rings (SSSR count). The highest BCUT2D eigenvalue weighted by atomic mass is 16.5. The molecule has 3 unspecified atom stereocenters. The zero-order valence-electron chi connectivity index (χ0n) is 12.2. The standard InChI is InChI=1S/C13H27N3O2/c1-9-8-18-11(6-14)7-16(9)10(2)12(17)15-13(3,4)5/h9-11H,6-8,14H2,1-5H3,(H,15,17). The van der Waals surface area contributed by atoms with E-state index < -0.39 is 0 Å². The van der Waals surface area contributed by atoms with Crippen LogP contribution in [0.2, 0.25) is 0 Å². The molecule has 0 aromatic rings. The highest BCUT2D eigenvalue weighted by molar-refractivity contribution is 5.82. The maximum atomic E-state index is 12.2. The second kappa shape index (κ2) is 5.99. The number of nitrogens with one attached hydrogen (secondary N) is 1. The van der Waals surface area contributed by atoms with Crippen LogP contribution in [-0.2, 0) is 9.53 Å². The van der Waals surface area contributed by atoms with Crippen LogP contribution in [0, 0.1) is 0 Å². The number of hydrogen-bond donors (Lipinski definition) is 2. The Kier molecular flexibility index (Phi) is 5.13. The normalized spacial score (nSPS) is 27.9. The fraction of sp³-hybridized carbons (Fsp3) is 0.923. The fourth-order valence-corrected chi connectivity index (χ4v) is 2.15. The lowest BCUT2D eigenvalue weighted by Gasteiger charge is -2.41. The Balaban J connectivity index is 2.63. The van der Waals surface area contributed by atoms with Gasteiger partial charge in [-0.2, -0.15) is 0 Å². The summed E-state index contributed by atoms with van der Waals surface area (Å²) < 4.78 is 5.60. The van der Waals surface area contributed by atoms with Gasteiger partial charge in [-0.15, -0.1) is 0 Å². The van der Waals surface area contributed by atoms with Crippen molar-refractivity contribution < 1.29 is 9.53 Å². The first-order chi connectivity index (χ1) is 8.24. The van der Waals surface area contributed by atoms with Crippen molar-refractivity contribution in [3.05, 3.63) is 0 Å². The molecule has 0 spiro atoms. The number of hydrogen-bond acceptors (Lipinski definition) is 4. The second-order valence-electron chi connectivity index (χ2n) is 6.15. The molecule has 0 radical (unpaired) electrons. The monoisotopic (exact) mass is 257 g/mol. The lowest BCUT2D eigenvalue weighted by atomic mass is 10.1. The predicted octanol–water partition coefficient (Wildman–Crippen LogP) is 0.338. The molecule has 18 heavy (non-hydrogen) atoms. The zero-order valence-corrected chi connectivity index (χ0v) is 12.2. The largest absolute Gasteiger partial charge is 0.374 e. The smallest absolute Gasteiger partial charge is 0.237 e. The Hall–Kier alpha value is -0.650. The molecule has 1 saturated heterocycles. The Morgan fingerprint density at radius 2 is 2.17 bits per heavy atom. The topological polar surface area (TPSA) is 67.6 Å². The van der Waals surface area contributed by atoms with Gasteiger partial charge in [0.2, 0.25) is 5.91 Å². The van der Waals surface area contributed by atoms with Gasteiger partial charge in [-0.3, -0.25) is 9.69 Å². The minimum atomic E-state index is -0.200. The molecule has 3 N–H and O–H groups in total. The average Bonchev–Trinajstić information content (AvgIpc) is 2.26. The van der Waals surface area contributed by atoms with E-state index >= 15 is 0 Å². The highest BCUT2D eigenvalue weighted by Crippen LogP contribution is 2.15. The van der Waals surface area contributed by atoms with Crippen molar-refractivity contribution in [2.24, 2.45) is 5.73 Å². The van der Waals surface area contributed by atoms with Crippen molar-refractivity contribution in [2.45, 2.75) is 58.3 Å². The maximum Gasteiger partial charge on any atom is 0.237 e. The van der Waals surface area contributed by atoms with E-state index in [-0.39, 0.29) is 29.6 Å². The van der Waals surface area contributed by atoms with Gasteiger partial charge in [-0.1, -0.05) is 0 Å². The SMILES string of the molecule is CC1COC(CN)CN1C(C)C(=O)NC(C)(C)C. The highest BCUT2D eigenvalue weighted by Gasteiger charge is 2.32. The third-order valence-corrected chi connectivity index (χ3v) is 3.19. The lowest BCUT2D eigenvalue weighted by Crippen LogP contribution is -2.59. The summed E-state index contributed by atoms with van der Waals surface area (Å²) in [7, 11) is 0. The Bertz CT molecular complexity index is 288. The van der Waals surface area contributed by atoms with Gasteiger partial charge in [0.15, 0.2) is 0 Å². The molecule has 0 saturated carbocycles. The van der Waals surface area contributed by atoms with Crippen LogP contribution in [0.3, 0.4) is 0 Å². The number of amides is 1. The first-order valence-electron chi connectivity index (χ1n) is 6.64. The fourth-order valence-electron chi connectivity index (χ4n) is 2.15. The van der Waals surface area contributed by atoms with Crippen LogP contribution in [0.15, 0.2) is 0 Å². The summed E-state index contributed by atoms with van der Waals surface area (Å²) in [5.41, 5.74) is 5.44. The van der Waals surface area contributed by atoms with E-state index in [1.54, 1.807) is 0 Å². The summed E-state index contributed by atoms with van der Waals surface area (Å²) in [6.45, 7) is 11.8. The molecule has 1 amide bonds. The van der Waals surface area contributed by atoms with Crippen LogP contribution < -0.4 is 11.1 Å². The Labute approximate surface area is 110 Å². The van der Waals surface area contributed by atoms with Crippen molar-refractivity contribution >= 4 is 5.91 Å². The molecule has 106 valence electrons. The molecule has 0 aromatic heterocycles. The van der Waals surface area contributed by atoms with Crippen molar-refractivity contribution in [3.63, 3.8) is 0 Å². The Morgan fingerprint density at radius 1 is 1.56 bits per heavy atom. The second-order valence-corrected chi connectivity index (χ2v) is 6.15. The first kappa shape index (κ1) is 15.4. The third kappa shape index (κ3) is 4.23. The first-order valence-corrected chi connectivity index (χ1v) is 6.64. The molecule has 5 heteroatoms. The molecule has 0 aromatic carbocycles. The minimum Gasteiger partial charge on any atom is -0.374 e. The molecule has 0 bridgehead atoms. The van der Waals surface area contributed by atoms with Gasteiger partial charge in [0.1, 0.15) is 0 Å². The lowest BCUT2D eigenvalue weighted by molar-refractivity contribution is -0.133. The third-order valence-electron chi connectivity index (χ3n) is 3.19. The number of nitrogens with two attached hydrogens (primary N) is 1. The van der Waals surface area contributed by atoms with E-state index in [0.717, 1.165) is 6.54 Å². The summed E-state index contributed by atoms with van der Waals surface area (Å²) in [6, 6.07) is 0.0886. The number of carbonyl (C=O) groups is 1. The van der Waals surface area contributed by atoms with Gasteiger partial charge >= 0.3 is 0 Å². The van der Waals surface area contributed by atoms with Gasteiger partial charge in [-0.05, 0) is 34.6 Å². The summed E-state index contributed by atoms with van der Waals surface area (Å²) >= 11 is 0. The van der Waals surface area contributed by atoms with E-state index in [2.05, 4.69) is 17.1 Å². The van der Waals surface area contributed by atoms with Crippen LogP contribution in [0.5, 0.6) is 0 Å². The molecule has 0 aliphatic carbocycles. The number of nitrogens with zero attached hydrogens (tertiary/aromatic N) is 1. The Morgan fingerprint density at radius 3 is 2.67 bits per heavy atom. The summed E-state index contributed by atoms with van der Waals surface area (Å²) in [4.78, 5) is 14.3. The van der Waals surface area contributed by atoms with Crippen LogP contribution in [0.1, 0.15) is 34.6 Å². The van der Waals surface area contributed by atoms with E-state index in [1.807, 2.05) is 27.7 Å². The van der Waals surface area contributed by atoms with Crippen LogP contribution in [0.25, 0.3) is 0 Å². The zero-order chi connectivity index (χ0) is 13.9. The van der Waals surface area contributed by atoms with Crippen molar-refractivity contribution in [1.82, 2.24) is 10.2 Å². The van der Waals surface area contributed by atoms with Crippen LogP contribution in [0.4, 0.5) is 0 Å².